The van der Waals surface area contributed by atoms with Crippen molar-refractivity contribution < 1.29 is 4.74 Å². The zero-order valence-electron chi connectivity index (χ0n) is 17.9. The van der Waals surface area contributed by atoms with Crippen LogP contribution >= 0.6 is 0 Å². The van der Waals surface area contributed by atoms with Gasteiger partial charge >= 0.3 is 0 Å². The molecule has 4 aromatic rings. The van der Waals surface area contributed by atoms with Crippen molar-refractivity contribution >= 4 is 0 Å². The molecule has 0 saturated carbocycles. The first-order chi connectivity index (χ1) is 15.6. The summed E-state index contributed by atoms with van der Waals surface area (Å²) in [6.45, 7) is 0.656. The Labute approximate surface area is 185 Å². The van der Waals surface area contributed by atoms with Gasteiger partial charge in [-0.25, -0.2) is 14.6 Å². The van der Waals surface area contributed by atoms with Gasteiger partial charge in [0.15, 0.2) is 0 Å². The van der Waals surface area contributed by atoms with Crippen LogP contribution in [0.2, 0.25) is 0 Å². The van der Waals surface area contributed by atoms with E-state index in [1.807, 2.05) is 24.4 Å². The fourth-order valence-electron chi connectivity index (χ4n) is 3.46. The molecule has 0 unspecified atom stereocenters. The highest BCUT2D eigenvalue weighted by molar-refractivity contribution is 5.81. The van der Waals surface area contributed by atoms with Crippen molar-refractivity contribution in [3.8, 4) is 34.0 Å². The summed E-state index contributed by atoms with van der Waals surface area (Å²) in [6, 6.07) is 11.0. The highest BCUT2D eigenvalue weighted by Gasteiger charge is 2.14. The number of benzene rings is 1. The highest BCUT2D eigenvalue weighted by Crippen LogP contribution is 2.30. The summed E-state index contributed by atoms with van der Waals surface area (Å²) in [5, 5.41) is 13.9. The largest absolute Gasteiger partial charge is 0.385 e. The summed E-state index contributed by atoms with van der Waals surface area (Å²) < 4.78 is 8.27. The Morgan fingerprint density at radius 1 is 1.06 bits per heavy atom. The number of nitrogens with zero attached hydrogens (tertiary/aromatic N) is 6. The second kappa shape index (κ2) is 9.37. The van der Waals surface area contributed by atoms with Crippen LogP contribution < -0.4 is 5.56 Å². The minimum absolute atomic E-state index is 0.130. The van der Waals surface area contributed by atoms with E-state index < -0.39 is 0 Å². The molecule has 4 rings (SSSR count). The van der Waals surface area contributed by atoms with Gasteiger partial charge in [-0.05, 0) is 24.1 Å². The second-order valence-electron chi connectivity index (χ2n) is 7.34. The van der Waals surface area contributed by atoms with Gasteiger partial charge in [-0.2, -0.15) is 10.4 Å². The van der Waals surface area contributed by atoms with Gasteiger partial charge in [0.25, 0.3) is 5.56 Å². The van der Waals surface area contributed by atoms with Crippen molar-refractivity contribution in [2.75, 3.05) is 13.7 Å². The number of nitriles is 1. The van der Waals surface area contributed by atoms with Gasteiger partial charge in [0, 0.05) is 74.7 Å². The van der Waals surface area contributed by atoms with Crippen molar-refractivity contribution in [3.05, 3.63) is 83.1 Å². The molecule has 0 spiro atoms. The van der Waals surface area contributed by atoms with E-state index in [9.17, 15) is 10.1 Å². The number of rotatable bonds is 7. The maximum atomic E-state index is 12.4. The van der Waals surface area contributed by atoms with E-state index in [4.69, 9.17) is 4.74 Å². The molecule has 3 heterocycles. The van der Waals surface area contributed by atoms with Gasteiger partial charge in [0.2, 0.25) is 0 Å². The Kier molecular flexibility index (Phi) is 6.19. The molecule has 3 aromatic heterocycles. The normalized spacial score (nSPS) is 10.8. The molecule has 0 radical (unpaired) electrons. The van der Waals surface area contributed by atoms with Gasteiger partial charge < -0.3 is 9.30 Å². The Balaban J connectivity index is 1.73. The number of ether oxygens (including phenoxy) is 1. The number of pyridine rings is 1. The third kappa shape index (κ3) is 4.33. The lowest BCUT2D eigenvalue weighted by molar-refractivity contribution is 0.194. The van der Waals surface area contributed by atoms with Crippen LogP contribution in [0.4, 0.5) is 0 Å². The molecule has 0 aliphatic rings. The molecule has 0 atom stereocenters. The summed E-state index contributed by atoms with van der Waals surface area (Å²) >= 11 is 0. The topological polar surface area (TPSA) is 98.6 Å². The monoisotopic (exact) mass is 426 g/mol. The minimum atomic E-state index is -0.130. The predicted molar refractivity (Wildman–Crippen MR) is 120 cm³/mol. The van der Waals surface area contributed by atoms with Gasteiger partial charge in [0.1, 0.15) is 11.9 Å². The molecular weight excluding hydrogens is 404 g/mol. The van der Waals surface area contributed by atoms with Gasteiger partial charge in [0.05, 0.1) is 17.4 Å². The molecule has 8 heteroatoms. The van der Waals surface area contributed by atoms with E-state index >= 15 is 0 Å². The van der Waals surface area contributed by atoms with Crippen LogP contribution in [0.1, 0.15) is 17.8 Å². The van der Waals surface area contributed by atoms with Crippen molar-refractivity contribution in [2.24, 2.45) is 7.05 Å². The number of hydrogen-bond acceptors (Lipinski definition) is 6. The molecule has 0 N–H and O–H groups in total. The smallest absolute Gasteiger partial charge is 0.250 e. The Bertz CT molecular complexity index is 1330. The van der Waals surface area contributed by atoms with Crippen LogP contribution in [-0.4, -0.2) is 38.0 Å². The minimum Gasteiger partial charge on any atom is -0.385 e. The van der Waals surface area contributed by atoms with E-state index in [0.717, 1.165) is 40.9 Å². The average Bonchev–Trinajstić information content (AvgIpc) is 3.31. The van der Waals surface area contributed by atoms with E-state index in [1.54, 1.807) is 55.8 Å². The molecule has 0 aliphatic carbocycles. The third-order valence-electron chi connectivity index (χ3n) is 5.16. The van der Waals surface area contributed by atoms with Gasteiger partial charge in [-0.1, -0.05) is 12.1 Å². The predicted octanol–water partition coefficient (Wildman–Crippen LogP) is 3.15. The van der Waals surface area contributed by atoms with E-state index in [-0.39, 0.29) is 5.56 Å². The lowest BCUT2D eigenvalue weighted by Gasteiger charge is -2.10. The molecule has 1 aromatic carbocycles. The Morgan fingerprint density at radius 2 is 1.84 bits per heavy atom. The first-order valence-corrected chi connectivity index (χ1v) is 10.2. The van der Waals surface area contributed by atoms with Crippen LogP contribution in [0.25, 0.3) is 27.9 Å². The van der Waals surface area contributed by atoms with Crippen molar-refractivity contribution in [2.45, 2.75) is 12.8 Å². The fraction of sp³-hybridized carbons (Fsp3) is 0.208. The SMILES string of the molecule is COCCCc1ncc(-c2cc(=O)n(C)cc2-c2cnn(-c3ccccc3C#N)c2)cn1. The fourth-order valence-corrected chi connectivity index (χ4v) is 3.46. The molecule has 0 bridgehead atoms. The molecule has 8 nitrogen and oxygen atoms in total. The van der Waals surface area contributed by atoms with Crippen molar-refractivity contribution in [3.63, 3.8) is 0 Å². The lowest BCUT2D eigenvalue weighted by Crippen LogP contribution is -2.15. The van der Waals surface area contributed by atoms with Crippen LogP contribution in [0.5, 0.6) is 0 Å². The zero-order chi connectivity index (χ0) is 22.5. The molecular formula is C24H22N6O2. The maximum Gasteiger partial charge on any atom is 0.250 e. The van der Waals surface area contributed by atoms with Crippen molar-refractivity contribution in [1.82, 2.24) is 24.3 Å². The number of aryl methyl sites for hydroxylation is 2. The standard InChI is InChI=1S/C24H22N6O2/c1-29-16-21(19-14-28-30(15-19)22-7-4-3-6-17(22)11-25)20(10-24(29)31)18-12-26-23(27-13-18)8-5-9-32-2/h3-4,6-7,10,12-16H,5,8-9H2,1-2H3. The van der Waals surface area contributed by atoms with Gasteiger partial charge in [-0.3, -0.25) is 4.79 Å². The maximum absolute atomic E-state index is 12.4. The molecule has 32 heavy (non-hydrogen) atoms. The second-order valence-corrected chi connectivity index (χ2v) is 7.34. The number of hydrogen-bond donors (Lipinski definition) is 0. The summed E-state index contributed by atoms with van der Waals surface area (Å²) in [5.74, 6) is 0.733. The average molecular weight is 426 g/mol. The molecule has 0 fully saturated rings. The van der Waals surface area contributed by atoms with E-state index in [1.165, 1.54) is 4.57 Å². The Morgan fingerprint density at radius 3 is 2.59 bits per heavy atom. The zero-order valence-corrected chi connectivity index (χ0v) is 17.9. The molecule has 0 saturated heterocycles. The van der Waals surface area contributed by atoms with E-state index in [2.05, 4.69) is 21.1 Å². The molecule has 0 amide bonds. The number of para-hydroxylation sites is 1. The number of methoxy groups -OCH3 is 1. The van der Waals surface area contributed by atoms with Crippen LogP contribution in [-0.2, 0) is 18.2 Å². The first-order valence-electron chi connectivity index (χ1n) is 10.2. The summed E-state index contributed by atoms with van der Waals surface area (Å²) in [6.07, 6.45) is 10.4. The summed E-state index contributed by atoms with van der Waals surface area (Å²) in [4.78, 5) is 21.3. The summed E-state index contributed by atoms with van der Waals surface area (Å²) in [5.41, 5.74) is 4.20. The van der Waals surface area contributed by atoms with Crippen LogP contribution in [0, 0.1) is 11.3 Å². The van der Waals surface area contributed by atoms with Crippen LogP contribution in [0.15, 0.2) is 66.1 Å². The lowest BCUT2D eigenvalue weighted by atomic mass is 10.0. The molecule has 0 aliphatic heterocycles. The van der Waals surface area contributed by atoms with Gasteiger partial charge in [-0.15, -0.1) is 0 Å². The van der Waals surface area contributed by atoms with Crippen molar-refractivity contribution in [1.29, 1.82) is 5.26 Å². The number of aromatic nitrogens is 5. The highest BCUT2D eigenvalue weighted by atomic mass is 16.5. The van der Waals surface area contributed by atoms with Crippen LogP contribution in [0.3, 0.4) is 0 Å². The molecule has 160 valence electrons. The van der Waals surface area contributed by atoms with E-state index in [0.29, 0.717) is 17.9 Å². The first kappa shape index (κ1) is 21.2. The summed E-state index contributed by atoms with van der Waals surface area (Å²) in [7, 11) is 3.38. The quantitative estimate of drug-likeness (QED) is 0.421. The Hall–Kier alpha value is -4.09. The third-order valence-corrected chi connectivity index (χ3v) is 5.16.